The number of benzene rings is 1. The van der Waals surface area contributed by atoms with Crippen LogP contribution in [0, 0.1) is 5.92 Å². The minimum Gasteiger partial charge on any atom is -0.393 e. The van der Waals surface area contributed by atoms with Crippen LogP contribution in [-0.4, -0.2) is 30.1 Å². The molecule has 0 bridgehead atoms. The quantitative estimate of drug-likeness (QED) is 0.854. The Hall–Kier alpha value is -0.870. The molecule has 0 amide bonds. The molecule has 1 aliphatic rings. The molecule has 18 heavy (non-hydrogen) atoms. The second-order valence-corrected chi connectivity index (χ2v) is 5.85. The molecule has 1 aromatic rings. The van der Waals surface area contributed by atoms with Gasteiger partial charge in [0.25, 0.3) is 0 Å². The summed E-state index contributed by atoms with van der Waals surface area (Å²) in [4.78, 5) is 13.6. The first kappa shape index (κ1) is 13.6. The number of aliphatic hydroxyl groups is 1. The van der Waals surface area contributed by atoms with Crippen LogP contribution in [0.4, 0.5) is 5.69 Å². The van der Waals surface area contributed by atoms with Crippen LogP contribution in [-0.2, 0) is 0 Å². The summed E-state index contributed by atoms with van der Waals surface area (Å²) in [6.07, 6.45) is 0.606. The Labute approximate surface area is 116 Å². The summed E-state index contributed by atoms with van der Waals surface area (Å²) in [6, 6.07) is 5.82. The Bertz CT molecular complexity index is 461. The summed E-state index contributed by atoms with van der Waals surface area (Å²) in [5.41, 5.74) is 1.81. The van der Waals surface area contributed by atoms with E-state index in [9.17, 15) is 9.90 Å². The number of carbonyl (C=O) groups is 1. The van der Waals surface area contributed by atoms with Crippen LogP contribution in [0.2, 0.25) is 0 Å². The number of anilines is 1. The summed E-state index contributed by atoms with van der Waals surface area (Å²) in [5.74, 6) is 0.348. The van der Waals surface area contributed by atoms with Gasteiger partial charge in [-0.3, -0.25) is 4.79 Å². The molecule has 1 aromatic carbocycles. The molecule has 1 heterocycles. The molecule has 1 saturated heterocycles. The van der Waals surface area contributed by atoms with Gasteiger partial charge in [0, 0.05) is 28.8 Å². The number of nitrogens with zero attached hydrogens (tertiary/aromatic N) is 1. The van der Waals surface area contributed by atoms with Gasteiger partial charge in [-0.2, -0.15) is 0 Å². The maximum absolute atomic E-state index is 11.4. The molecular weight excluding hydrogens is 294 g/mol. The van der Waals surface area contributed by atoms with Gasteiger partial charge in [-0.1, -0.05) is 6.92 Å². The Balaban J connectivity index is 2.19. The van der Waals surface area contributed by atoms with Crippen molar-refractivity contribution in [3.63, 3.8) is 0 Å². The fourth-order valence-electron chi connectivity index (χ4n) is 2.35. The Kier molecular flexibility index (Phi) is 4.07. The fraction of sp³-hybridized carbons (Fsp3) is 0.500. The Morgan fingerprint density at radius 1 is 1.50 bits per heavy atom. The monoisotopic (exact) mass is 311 g/mol. The van der Waals surface area contributed by atoms with Gasteiger partial charge in [0.15, 0.2) is 5.78 Å². The molecule has 0 saturated carbocycles. The van der Waals surface area contributed by atoms with Crippen molar-refractivity contribution in [1.82, 2.24) is 0 Å². The third-order valence-corrected chi connectivity index (χ3v) is 4.21. The summed E-state index contributed by atoms with van der Waals surface area (Å²) >= 11 is 3.44. The van der Waals surface area contributed by atoms with Crippen molar-refractivity contribution in [2.75, 3.05) is 18.0 Å². The lowest BCUT2D eigenvalue weighted by Gasteiger charge is -2.36. The number of piperidine rings is 1. The highest BCUT2D eigenvalue weighted by molar-refractivity contribution is 9.10. The number of Topliss-reactive ketones (excluding diaryl/α,β-unsaturated/α-hetero) is 1. The molecular formula is C14H18BrNO2. The van der Waals surface area contributed by atoms with E-state index >= 15 is 0 Å². The Morgan fingerprint density at radius 3 is 2.78 bits per heavy atom. The fourth-order valence-corrected chi connectivity index (χ4v) is 3.00. The van der Waals surface area contributed by atoms with Crippen LogP contribution in [0.3, 0.4) is 0 Å². The van der Waals surface area contributed by atoms with Gasteiger partial charge in [0.05, 0.1) is 6.10 Å². The van der Waals surface area contributed by atoms with E-state index in [4.69, 9.17) is 0 Å². The van der Waals surface area contributed by atoms with Crippen LogP contribution in [0.15, 0.2) is 22.7 Å². The van der Waals surface area contributed by atoms with E-state index in [2.05, 4.69) is 27.8 Å². The topological polar surface area (TPSA) is 40.5 Å². The first-order valence-corrected chi connectivity index (χ1v) is 7.02. The summed E-state index contributed by atoms with van der Waals surface area (Å²) in [6.45, 7) is 5.35. The number of hydrogen-bond donors (Lipinski definition) is 1. The van der Waals surface area contributed by atoms with E-state index in [1.807, 2.05) is 18.2 Å². The smallest absolute Gasteiger partial charge is 0.160 e. The zero-order valence-corrected chi connectivity index (χ0v) is 12.3. The minimum atomic E-state index is -0.193. The van der Waals surface area contributed by atoms with Crippen molar-refractivity contribution in [3.05, 3.63) is 28.2 Å². The normalized spacial score (nSPS) is 24.1. The SMILES string of the molecule is CC(=O)c1ccc(N2CCC(O)C(C)C2)cc1Br. The van der Waals surface area contributed by atoms with Gasteiger partial charge < -0.3 is 10.0 Å². The van der Waals surface area contributed by atoms with Crippen LogP contribution < -0.4 is 4.90 Å². The van der Waals surface area contributed by atoms with Gasteiger partial charge in [-0.05, 0) is 53.4 Å². The average molecular weight is 312 g/mol. The molecule has 1 aliphatic heterocycles. The summed E-state index contributed by atoms with van der Waals surface area (Å²) in [7, 11) is 0. The van der Waals surface area contributed by atoms with Crippen LogP contribution >= 0.6 is 15.9 Å². The second kappa shape index (κ2) is 5.41. The predicted molar refractivity (Wildman–Crippen MR) is 76.1 cm³/mol. The van der Waals surface area contributed by atoms with E-state index in [-0.39, 0.29) is 17.8 Å². The van der Waals surface area contributed by atoms with Crippen LogP contribution in [0.25, 0.3) is 0 Å². The first-order chi connectivity index (χ1) is 8.49. The van der Waals surface area contributed by atoms with Crippen molar-refractivity contribution in [3.8, 4) is 0 Å². The number of rotatable bonds is 2. The van der Waals surface area contributed by atoms with E-state index in [0.717, 1.165) is 29.7 Å². The number of aliphatic hydroxyl groups excluding tert-OH is 1. The van der Waals surface area contributed by atoms with E-state index in [0.29, 0.717) is 5.56 Å². The van der Waals surface area contributed by atoms with Gasteiger partial charge in [-0.15, -0.1) is 0 Å². The van der Waals surface area contributed by atoms with Crippen molar-refractivity contribution >= 4 is 27.4 Å². The largest absolute Gasteiger partial charge is 0.393 e. The molecule has 4 heteroatoms. The first-order valence-electron chi connectivity index (χ1n) is 6.22. The lowest BCUT2D eigenvalue weighted by Crippen LogP contribution is -2.41. The van der Waals surface area contributed by atoms with Gasteiger partial charge in [0.1, 0.15) is 0 Å². The highest BCUT2D eigenvalue weighted by atomic mass is 79.9. The van der Waals surface area contributed by atoms with E-state index in [1.165, 1.54) is 0 Å². The summed E-state index contributed by atoms with van der Waals surface area (Å²) < 4.78 is 0.839. The minimum absolute atomic E-state index is 0.0656. The second-order valence-electron chi connectivity index (χ2n) is 5.00. The summed E-state index contributed by atoms with van der Waals surface area (Å²) in [5, 5.41) is 9.73. The lowest BCUT2D eigenvalue weighted by atomic mass is 9.96. The zero-order valence-electron chi connectivity index (χ0n) is 10.7. The average Bonchev–Trinajstić information content (AvgIpc) is 2.32. The van der Waals surface area contributed by atoms with E-state index < -0.39 is 0 Å². The van der Waals surface area contributed by atoms with Crippen LogP contribution in [0.5, 0.6) is 0 Å². The molecule has 0 spiro atoms. The highest BCUT2D eigenvalue weighted by Gasteiger charge is 2.24. The molecule has 1 N–H and O–H groups in total. The molecule has 2 rings (SSSR count). The molecule has 0 aliphatic carbocycles. The van der Waals surface area contributed by atoms with Crippen molar-refractivity contribution < 1.29 is 9.90 Å². The maximum atomic E-state index is 11.4. The van der Waals surface area contributed by atoms with E-state index in [1.54, 1.807) is 6.92 Å². The number of ketones is 1. The van der Waals surface area contributed by atoms with Gasteiger partial charge in [-0.25, -0.2) is 0 Å². The predicted octanol–water partition coefficient (Wildman–Crippen LogP) is 2.86. The number of carbonyl (C=O) groups excluding carboxylic acids is 1. The molecule has 0 radical (unpaired) electrons. The van der Waals surface area contributed by atoms with Crippen molar-refractivity contribution in [2.24, 2.45) is 5.92 Å². The van der Waals surface area contributed by atoms with Crippen molar-refractivity contribution in [2.45, 2.75) is 26.4 Å². The third-order valence-electron chi connectivity index (χ3n) is 3.56. The van der Waals surface area contributed by atoms with Gasteiger partial charge >= 0.3 is 0 Å². The maximum Gasteiger partial charge on any atom is 0.160 e. The van der Waals surface area contributed by atoms with Crippen molar-refractivity contribution in [1.29, 1.82) is 0 Å². The third kappa shape index (κ3) is 2.75. The highest BCUT2D eigenvalue weighted by Crippen LogP contribution is 2.28. The molecule has 2 unspecified atom stereocenters. The molecule has 3 nitrogen and oxygen atoms in total. The standard InChI is InChI=1S/C14H18BrNO2/c1-9-8-16(6-5-14(9)18)11-3-4-12(10(2)17)13(15)7-11/h3-4,7,9,14,18H,5-6,8H2,1-2H3. The van der Waals surface area contributed by atoms with Gasteiger partial charge in [0.2, 0.25) is 0 Å². The lowest BCUT2D eigenvalue weighted by molar-refractivity contribution is 0.0971. The Morgan fingerprint density at radius 2 is 2.22 bits per heavy atom. The molecule has 0 aromatic heterocycles. The van der Waals surface area contributed by atoms with Crippen LogP contribution in [0.1, 0.15) is 30.6 Å². The number of hydrogen-bond acceptors (Lipinski definition) is 3. The molecule has 2 atom stereocenters. The molecule has 98 valence electrons. The zero-order chi connectivity index (χ0) is 13.3. The number of halogens is 1. The molecule has 1 fully saturated rings.